The zero-order chi connectivity index (χ0) is 14.5. The Bertz CT molecular complexity index is 610. The van der Waals surface area contributed by atoms with Gasteiger partial charge in [0.2, 0.25) is 0 Å². The molecule has 2 aromatic rings. The molecule has 0 heterocycles. The summed E-state index contributed by atoms with van der Waals surface area (Å²) in [5.74, 6) is 1.55. The largest absolute Gasteiger partial charge is 0.492 e. The Morgan fingerprint density at radius 2 is 1.95 bits per heavy atom. The van der Waals surface area contributed by atoms with E-state index in [4.69, 9.17) is 33.7 Å². The van der Waals surface area contributed by atoms with Crippen molar-refractivity contribution < 1.29 is 4.74 Å². The first-order valence-electron chi connectivity index (χ1n) is 5.82. The number of rotatable bonds is 5. The summed E-state index contributed by atoms with van der Waals surface area (Å²) >= 11 is 17.0. The van der Waals surface area contributed by atoms with E-state index < -0.39 is 0 Å². The van der Waals surface area contributed by atoms with E-state index in [2.05, 4.69) is 15.9 Å². The van der Waals surface area contributed by atoms with Crippen molar-refractivity contribution in [3.63, 3.8) is 0 Å². The third kappa shape index (κ3) is 4.48. The van der Waals surface area contributed by atoms with Crippen LogP contribution in [0.1, 0.15) is 0 Å². The zero-order valence-electron chi connectivity index (χ0n) is 10.4. The van der Waals surface area contributed by atoms with E-state index in [0.717, 1.165) is 20.9 Å². The van der Waals surface area contributed by atoms with Gasteiger partial charge in [0.1, 0.15) is 5.75 Å². The average Bonchev–Trinajstić information content (AvgIpc) is 2.40. The minimum Gasteiger partial charge on any atom is -0.492 e. The number of ether oxygens (including phenoxy) is 1. The van der Waals surface area contributed by atoms with Crippen molar-refractivity contribution in [3.8, 4) is 5.75 Å². The van der Waals surface area contributed by atoms with E-state index in [-0.39, 0.29) is 0 Å². The molecule has 0 amide bonds. The SMILES string of the molecule is Nc1ccc(Cl)c(SCCOc2ccc(Cl)cc2Br)c1. The van der Waals surface area contributed by atoms with Crippen LogP contribution in [0, 0.1) is 0 Å². The summed E-state index contributed by atoms with van der Waals surface area (Å²) in [5.41, 5.74) is 6.44. The molecule has 0 aliphatic rings. The van der Waals surface area contributed by atoms with Crippen molar-refractivity contribution in [1.82, 2.24) is 0 Å². The monoisotopic (exact) mass is 391 g/mol. The summed E-state index contributed by atoms with van der Waals surface area (Å²) in [5, 5.41) is 1.38. The minimum absolute atomic E-state index is 0.566. The van der Waals surface area contributed by atoms with Gasteiger partial charge in [0.05, 0.1) is 16.1 Å². The average molecular weight is 393 g/mol. The van der Waals surface area contributed by atoms with E-state index in [1.54, 1.807) is 36.0 Å². The van der Waals surface area contributed by atoms with Crippen molar-refractivity contribution in [1.29, 1.82) is 0 Å². The van der Waals surface area contributed by atoms with Crippen LogP contribution in [-0.4, -0.2) is 12.4 Å². The first kappa shape index (κ1) is 15.8. The van der Waals surface area contributed by atoms with Crippen molar-refractivity contribution in [3.05, 3.63) is 50.9 Å². The predicted octanol–water partition coefficient (Wildman–Crippen LogP) is 5.51. The quantitative estimate of drug-likeness (QED) is 0.414. The maximum Gasteiger partial charge on any atom is 0.133 e. The lowest BCUT2D eigenvalue weighted by Gasteiger charge is -2.09. The minimum atomic E-state index is 0.566. The molecule has 0 atom stereocenters. The van der Waals surface area contributed by atoms with Crippen molar-refractivity contribution in [2.24, 2.45) is 0 Å². The molecule has 20 heavy (non-hydrogen) atoms. The number of anilines is 1. The standard InChI is InChI=1S/C14H12BrCl2NOS/c15-11-7-9(16)1-4-13(11)19-5-6-20-14-8-10(18)2-3-12(14)17/h1-4,7-8H,5-6,18H2. The molecule has 2 aromatic carbocycles. The molecule has 0 radical (unpaired) electrons. The molecule has 2 N–H and O–H groups in total. The highest BCUT2D eigenvalue weighted by Gasteiger charge is 2.04. The molecule has 6 heteroatoms. The summed E-state index contributed by atoms with van der Waals surface area (Å²) in [7, 11) is 0. The molecule has 0 aliphatic heterocycles. The van der Waals surface area contributed by atoms with E-state index in [0.29, 0.717) is 22.3 Å². The van der Waals surface area contributed by atoms with Crippen LogP contribution in [0.15, 0.2) is 45.8 Å². The molecule has 106 valence electrons. The zero-order valence-corrected chi connectivity index (χ0v) is 14.3. The summed E-state index contributed by atoms with van der Waals surface area (Å²) in [6.45, 7) is 0.566. The first-order chi connectivity index (χ1) is 9.56. The number of thioether (sulfide) groups is 1. The van der Waals surface area contributed by atoms with Crippen LogP contribution in [-0.2, 0) is 0 Å². The van der Waals surface area contributed by atoms with E-state index in [1.807, 2.05) is 12.1 Å². The highest BCUT2D eigenvalue weighted by atomic mass is 79.9. The molecule has 0 unspecified atom stereocenters. The summed E-state index contributed by atoms with van der Waals surface area (Å²) in [4.78, 5) is 0.963. The molecule has 0 bridgehead atoms. The van der Waals surface area contributed by atoms with Gasteiger partial charge in [-0.2, -0.15) is 0 Å². The van der Waals surface area contributed by atoms with Crippen molar-refractivity contribution >= 4 is 56.6 Å². The second kappa shape index (κ2) is 7.46. The summed E-state index contributed by atoms with van der Waals surface area (Å²) in [6, 6.07) is 10.9. The van der Waals surface area contributed by atoms with Crippen LogP contribution in [0.3, 0.4) is 0 Å². The Hall–Kier alpha value is -0.550. The maximum atomic E-state index is 6.10. The lowest BCUT2D eigenvalue weighted by atomic mass is 10.3. The molecule has 0 fully saturated rings. The second-order valence-electron chi connectivity index (χ2n) is 3.96. The topological polar surface area (TPSA) is 35.2 Å². The smallest absolute Gasteiger partial charge is 0.133 e. The molecular formula is C14H12BrCl2NOS. The maximum absolute atomic E-state index is 6.10. The Labute approximate surface area is 140 Å². The van der Waals surface area contributed by atoms with Gasteiger partial charge in [0.15, 0.2) is 0 Å². The third-order valence-corrected chi connectivity index (χ3v) is 4.76. The molecule has 2 nitrogen and oxygen atoms in total. The Balaban J connectivity index is 1.86. The first-order valence-corrected chi connectivity index (χ1v) is 8.35. The Morgan fingerprint density at radius 1 is 1.15 bits per heavy atom. The van der Waals surface area contributed by atoms with Gasteiger partial charge in [-0.05, 0) is 52.3 Å². The van der Waals surface area contributed by atoms with Crippen LogP contribution < -0.4 is 10.5 Å². The second-order valence-corrected chi connectivity index (χ2v) is 6.80. The Morgan fingerprint density at radius 3 is 2.70 bits per heavy atom. The van der Waals surface area contributed by atoms with Crippen LogP contribution in [0.25, 0.3) is 0 Å². The molecule has 0 spiro atoms. The van der Waals surface area contributed by atoms with Gasteiger partial charge < -0.3 is 10.5 Å². The van der Waals surface area contributed by atoms with Crippen molar-refractivity contribution in [2.45, 2.75) is 4.90 Å². The molecule has 0 saturated heterocycles. The molecule has 0 aliphatic carbocycles. The van der Waals surface area contributed by atoms with E-state index in [9.17, 15) is 0 Å². The number of nitrogens with two attached hydrogens (primary N) is 1. The fourth-order valence-corrected chi connectivity index (χ4v) is 3.42. The molecule has 2 rings (SSSR count). The van der Waals surface area contributed by atoms with Gasteiger partial charge in [0, 0.05) is 21.4 Å². The summed E-state index contributed by atoms with van der Waals surface area (Å²) in [6.07, 6.45) is 0. The lowest BCUT2D eigenvalue weighted by Crippen LogP contribution is -2.00. The van der Waals surface area contributed by atoms with Crippen LogP contribution in [0.2, 0.25) is 10.0 Å². The normalized spacial score (nSPS) is 10.6. The van der Waals surface area contributed by atoms with Gasteiger partial charge in [-0.3, -0.25) is 0 Å². The third-order valence-electron chi connectivity index (χ3n) is 2.45. The highest BCUT2D eigenvalue weighted by molar-refractivity contribution is 9.10. The van der Waals surface area contributed by atoms with E-state index in [1.165, 1.54) is 0 Å². The fraction of sp³-hybridized carbons (Fsp3) is 0.143. The van der Waals surface area contributed by atoms with Gasteiger partial charge >= 0.3 is 0 Å². The number of hydrogen-bond donors (Lipinski definition) is 1. The number of halogens is 3. The number of nitrogen functional groups attached to an aromatic ring is 1. The highest BCUT2D eigenvalue weighted by Crippen LogP contribution is 2.30. The molecule has 0 saturated carbocycles. The van der Waals surface area contributed by atoms with Crippen LogP contribution >= 0.6 is 50.9 Å². The van der Waals surface area contributed by atoms with Crippen LogP contribution in [0.4, 0.5) is 5.69 Å². The van der Waals surface area contributed by atoms with E-state index >= 15 is 0 Å². The van der Waals surface area contributed by atoms with Gasteiger partial charge in [-0.1, -0.05) is 23.2 Å². The fourth-order valence-electron chi connectivity index (χ4n) is 1.53. The van der Waals surface area contributed by atoms with Gasteiger partial charge in [0.25, 0.3) is 0 Å². The number of benzene rings is 2. The predicted molar refractivity (Wildman–Crippen MR) is 91.2 cm³/mol. The van der Waals surface area contributed by atoms with Crippen LogP contribution in [0.5, 0.6) is 5.75 Å². The molecular weight excluding hydrogens is 381 g/mol. The Kier molecular flexibility index (Phi) is 5.90. The lowest BCUT2D eigenvalue weighted by molar-refractivity contribution is 0.342. The van der Waals surface area contributed by atoms with Gasteiger partial charge in [-0.25, -0.2) is 0 Å². The summed E-state index contributed by atoms with van der Waals surface area (Å²) < 4.78 is 6.53. The van der Waals surface area contributed by atoms with Crippen molar-refractivity contribution in [2.75, 3.05) is 18.1 Å². The molecule has 0 aromatic heterocycles. The number of hydrogen-bond acceptors (Lipinski definition) is 3. The van der Waals surface area contributed by atoms with Gasteiger partial charge in [-0.15, -0.1) is 11.8 Å².